The summed E-state index contributed by atoms with van der Waals surface area (Å²) in [6.45, 7) is 10.4. The van der Waals surface area contributed by atoms with Crippen LogP contribution in [-0.2, 0) is 9.53 Å². The number of hydrogen-bond acceptors (Lipinski definition) is 7. The van der Waals surface area contributed by atoms with Gasteiger partial charge in [0.25, 0.3) is 11.8 Å². The molecule has 0 bridgehead atoms. The van der Waals surface area contributed by atoms with Gasteiger partial charge in [-0.05, 0) is 67.6 Å². The minimum absolute atomic E-state index is 0.0336. The van der Waals surface area contributed by atoms with Crippen LogP contribution in [0.3, 0.4) is 0 Å². The van der Waals surface area contributed by atoms with Crippen molar-refractivity contribution in [3.63, 3.8) is 0 Å². The first-order valence-electron chi connectivity index (χ1n) is 12.0. The summed E-state index contributed by atoms with van der Waals surface area (Å²) in [4.78, 5) is 23.1. The molecule has 1 saturated heterocycles. The van der Waals surface area contributed by atoms with Crippen molar-refractivity contribution in [2.24, 2.45) is 4.99 Å². The van der Waals surface area contributed by atoms with E-state index in [2.05, 4.69) is 27.2 Å². The van der Waals surface area contributed by atoms with E-state index in [9.17, 15) is 18.7 Å². The molecule has 10 heteroatoms. The smallest absolute Gasteiger partial charge is 0.286 e. The molecule has 0 atom stereocenters. The summed E-state index contributed by atoms with van der Waals surface area (Å²) >= 11 is 0. The number of amides is 1. The van der Waals surface area contributed by atoms with E-state index in [1.54, 1.807) is 13.0 Å². The lowest BCUT2D eigenvalue weighted by Crippen LogP contribution is -2.36. The molecule has 1 aliphatic rings. The fourth-order valence-corrected chi connectivity index (χ4v) is 3.85. The molecular weight excluding hydrogens is 480 g/mol. The van der Waals surface area contributed by atoms with Crippen LogP contribution in [0.15, 0.2) is 58.7 Å². The van der Waals surface area contributed by atoms with Crippen molar-refractivity contribution in [2.75, 3.05) is 55.0 Å². The standard InChI is InChI=1S/C27H33F2N5O3/c1-5-19(14-23(30-4)27(3,28)29)26(36)32-21-7-6-18(2)22(17-21)20-15-24(31-8-11-35)33-25(16-20)34-9-12-37-13-10-34/h5-7,14-17,35H,4,8-13H2,1-3H3,(H,31,33)(H,32,36)/b19-5+,23-14-. The quantitative estimate of drug-likeness (QED) is 0.247. The van der Waals surface area contributed by atoms with Crippen LogP contribution >= 0.6 is 0 Å². The predicted molar refractivity (Wildman–Crippen MR) is 144 cm³/mol. The number of benzene rings is 1. The number of aliphatic hydroxyl groups excluding tert-OH is 1. The second kappa shape index (κ2) is 12.6. The van der Waals surface area contributed by atoms with E-state index in [1.807, 2.05) is 31.2 Å². The molecule has 3 N–H and O–H groups in total. The van der Waals surface area contributed by atoms with E-state index < -0.39 is 17.5 Å². The molecule has 2 aromatic rings. The Hall–Kier alpha value is -3.63. The zero-order valence-corrected chi connectivity index (χ0v) is 21.4. The molecule has 37 heavy (non-hydrogen) atoms. The van der Waals surface area contributed by atoms with E-state index >= 15 is 0 Å². The van der Waals surface area contributed by atoms with Crippen molar-refractivity contribution in [3.8, 4) is 11.1 Å². The molecule has 3 rings (SSSR count). The Morgan fingerprint density at radius 2 is 2.03 bits per heavy atom. The van der Waals surface area contributed by atoms with Gasteiger partial charge in [0.2, 0.25) is 0 Å². The van der Waals surface area contributed by atoms with Crippen molar-refractivity contribution >= 4 is 29.9 Å². The van der Waals surface area contributed by atoms with Gasteiger partial charge in [-0.25, -0.2) is 4.98 Å². The van der Waals surface area contributed by atoms with Crippen LogP contribution in [0.2, 0.25) is 0 Å². The van der Waals surface area contributed by atoms with Gasteiger partial charge in [0.05, 0.1) is 19.8 Å². The topological polar surface area (TPSA) is 99.1 Å². The number of morpholine rings is 1. The highest BCUT2D eigenvalue weighted by Crippen LogP contribution is 2.32. The number of ether oxygens (including phenoxy) is 1. The number of aromatic nitrogens is 1. The number of aryl methyl sites for hydroxylation is 1. The molecular formula is C27H33F2N5O3. The summed E-state index contributed by atoms with van der Waals surface area (Å²) in [5.74, 6) is -2.37. The molecule has 1 aromatic carbocycles. The molecule has 1 aromatic heterocycles. The van der Waals surface area contributed by atoms with Crippen molar-refractivity contribution in [3.05, 3.63) is 59.3 Å². The number of hydrogen-bond donors (Lipinski definition) is 3. The van der Waals surface area contributed by atoms with Gasteiger partial charge in [0.1, 0.15) is 17.3 Å². The first-order valence-corrected chi connectivity index (χ1v) is 12.0. The highest BCUT2D eigenvalue weighted by molar-refractivity contribution is 6.06. The second-order valence-electron chi connectivity index (χ2n) is 8.65. The Kier molecular flexibility index (Phi) is 9.48. The number of carbonyl (C=O) groups is 1. The molecule has 0 spiro atoms. The molecule has 1 aliphatic heterocycles. The maximum absolute atomic E-state index is 13.7. The third-order valence-corrected chi connectivity index (χ3v) is 5.86. The number of pyridine rings is 1. The summed E-state index contributed by atoms with van der Waals surface area (Å²) in [6.07, 6.45) is 2.48. The second-order valence-corrected chi connectivity index (χ2v) is 8.65. The van der Waals surface area contributed by atoms with Gasteiger partial charge in [0, 0.05) is 37.8 Å². The summed E-state index contributed by atoms with van der Waals surface area (Å²) in [7, 11) is 0. The van der Waals surface area contributed by atoms with E-state index in [-0.39, 0.29) is 12.2 Å². The normalized spacial score (nSPS) is 14.9. The SMILES string of the molecule is C=N/C(=C\C(=C/C)C(=O)Nc1ccc(C)c(-c2cc(NCCO)nc(N3CCOCC3)c2)c1)C(C)(F)F. The summed E-state index contributed by atoms with van der Waals surface area (Å²) in [6, 6.07) is 9.33. The molecule has 0 saturated carbocycles. The van der Waals surface area contributed by atoms with Crippen LogP contribution in [-0.4, -0.2) is 68.1 Å². The maximum Gasteiger partial charge on any atom is 0.286 e. The van der Waals surface area contributed by atoms with Gasteiger partial charge < -0.3 is 25.4 Å². The first kappa shape index (κ1) is 27.9. The van der Waals surface area contributed by atoms with Gasteiger partial charge in [0.15, 0.2) is 0 Å². The Labute approximate surface area is 215 Å². The highest BCUT2D eigenvalue weighted by Gasteiger charge is 2.27. The number of aliphatic hydroxyl groups is 1. The van der Waals surface area contributed by atoms with Crippen molar-refractivity contribution in [1.29, 1.82) is 0 Å². The molecule has 0 unspecified atom stereocenters. The number of anilines is 3. The molecule has 1 amide bonds. The van der Waals surface area contributed by atoms with Gasteiger partial charge in [-0.1, -0.05) is 12.1 Å². The Balaban J connectivity index is 1.94. The lowest BCUT2D eigenvalue weighted by Gasteiger charge is -2.28. The third-order valence-electron chi connectivity index (χ3n) is 5.86. The molecule has 0 radical (unpaired) electrons. The molecule has 8 nitrogen and oxygen atoms in total. The zero-order chi connectivity index (χ0) is 27.0. The average molecular weight is 514 g/mol. The molecule has 2 heterocycles. The maximum atomic E-state index is 13.7. The highest BCUT2D eigenvalue weighted by atomic mass is 19.3. The summed E-state index contributed by atoms with van der Waals surface area (Å²) in [5.41, 5.74) is 2.67. The number of allylic oxidation sites excluding steroid dienone is 2. The first-order chi connectivity index (χ1) is 17.7. The number of nitrogens with one attached hydrogen (secondary N) is 2. The van der Waals surface area contributed by atoms with E-state index in [0.29, 0.717) is 51.3 Å². The number of rotatable bonds is 10. The minimum atomic E-state index is -3.23. The Morgan fingerprint density at radius 1 is 1.30 bits per heavy atom. The van der Waals surface area contributed by atoms with Crippen molar-refractivity contribution in [2.45, 2.75) is 26.7 Å². The summed E-state index contributed by atoms with van der Waals surface area (Å²) < 4.78 is 32.9. The largest absolute Gasteiger partial charge is 0.395 e. The Bertz CT molecular complexity index is 1190. The van der Waals surface area contributed by atoms with E-state index in [1.165, 1.54) is 6.08 Å². The van der Waals surface area contributed by atoms with Crippen LogP contribution in [0.1, 0.15) is 19.4 Å². The lowest BCUT2D eigenvalue weighted by atomic mass is 10.00. The number of aliphatic imine (C=N–C) groups is 1. The van der Waals surface area contributed by atoms with Crippen molar-refractivity contribution < 1.29 is 23.4 Å². The lowest BCUT2D eigenvalue weighted by molar-refractivity contribution is -0.112. The fourth-order valence-electron chi connectivity index (χ4n) is 3.85. The van der Waals surface area contributed by atoms with Gasteiger partial charge in [-0.15, -0.1) is 0 Å². The number of carbonyl (C=O) groups excluding carboxylic acids is 1. The monoisotopic (exact) mass is 513 g/mol. The van der Waals surface area contributed by atoms with E-state index in [4.69, 9.17) is 9.72 Å². The van der Waals surface area contributed by atoms with Crippen LogP contribution in [0.25, 0.3) is 11.1 Å². The molecule has 0 aliphatic carbocycles. The number of nitrogens with zero attached hydrogens (tertiary/aromatic N) is 3. The van der Waals surface area contributed by atoms with E-state index in [0.717, 1.165) is 28.6 Å². The van der Waals surface area contributed by atoms with Gasteiger partial charge in [-0.3, -0.25) is 9.79 Å². The zero-order valence-electron chi connectivity index (χ0n) is 21.4. The van der Waals surface area contributed by atoms with Gasteiger partial charge >= 0.3 is 0 Å². The van der Waals surface area contributed by atoms with Crippen molar-refractivity contribution in [1.82, 2.24) is 4.98 Å². The van der Waals surface area contributed by atoms with Crippen LogP contribution in [0.5, 0.6) is 0 Å². The average Bonchev–Trinajstić information content (AvgIpc) is 2.88. The van der Waals surface area contributed by atoms with Crippen LogP contribution in [0, 0.1) is 6.92 Å². The predicted octanol–water partition coefficient (Wildman–Crippen LogP) is 4.42. The Morgan fingerprint density at radius 3 is 2.65 bits per heavy atom. The molecule has 198 valence electrons. The fraction of sp³-hybridized carbons (Fsp3) is 0.370. The summed E-state index contributed by atoms with van der Waals surface area (Å²) in [5, 5.41) is 15.2. The number of alkyl halides is 2. The number of halogens is 2. The van der Waals surface area contributed by atoms with Crippen LogP contribution < -0.4 is 15.5 Å². The third kappa shape index (κ3) is 7.43. The van der Waals surface area contributed by atoms with Crippen LogP contribution in [0.4, 0.5) is 26.1 Å². The molecule has 1 fully saturated rings. The van der Waals surface area contributed by atoms with Gasteiger partial charge in [-0.2, -0.15) is 8.78 Å². The minimum Gasteiger partial charge on any atom is -0.395 e.